The van der Waals surface area contributed by atoms with E-state index in [9.17, 15) is 0 Å². The van der Waals surface area contributed by atoms with Gasteiger partial charge in [0, 0.05) is 50.8 Å². The molecule has 0 radical (unpaired) electrons. The minimum absolute atomic E-state index is 0.0845. The van der Waals surface area contributed by atoms with Crippen LogP contribution in [0.25, 0.3) is 41.1 Å². The Morgan fingerprint density at radius 1 is 0.619 bits per heavy atom. The fraction of sp³-hybridized carbons (Fsp3) is 0.471. The van der Waals surface area contributed by atoms with Gasteiger partial charge in [0.1, 0.15) is 11.6 Å². The average Bonchev–Trinajstić information content (AvgIpc) is 3.72. The molecule has 5 aromatic rings. The van der Waals surface area contributed by atoms with Gasteiger partial charge in [0.2, 0.25) is 0 Å². The summed E-state index contributed by atoms with van der Waals surface area (Å²) in [5, 5.41) is 2.22. The van der Waals surface area contributed by atoms with Gasteiger partial charge in [0.15, 0.2) is 0 Å². The molecule has 1 aromatic carbocycles. The van der Waals surface area contributed by atoms with E-state index in [-0.39, 0.29) is 11.6 Å². The maximum absolute atomic E-state index is 15.5. The summed E-state index contributed by atoms with van der Waals surface area (Å²) in [7, 11) is 0. The predicted octanol–water partition coefficient (Wildman–Crippen LogP) is 14.9. The van der Waals surface area contributed by atoms with E-state index in [0.717, 1.165) is 96.9 Å². The number of fused-ring (bicyclic) bond motifs is 2. The number of benzene rings is 1. The first kappa shape index (κ1) is 32.7. The molecule has 226 valence electrons. The van der Waals surface area contributed by atoms with E-state index in [1.807, 2.05) is 0 Å². The van der Waals surface area contributed by atoms with Gasteiger partial charge in [-0.05, 0) is 80.8 Å². The fourth-order valence-electron chi connectivity index (χ4n) is 5.95. The van der Waals surface area contributed by atoms with E-state index in [4.69, 9.17) is 0 Å². The summed E-state index contributed by atoms with van der Waals surface area (Å²) in [6.45, 7) is 8.87. The van der Waals surface area contributed by atoms with Crippen molar-refractivity contribution in [1.82, 2.24) is 0 Å². The molecule has 0 spiro atoms. The van der Waals surface area contributed by atoms with Crippen LogP contribution in [0.2, 0.25) is 0 Å². The third-order valence-corrected chi connectivity index (χ3v) is 14.1. The normalized spacial score (nSPS) is 13.5. The predicted molar refractivity (Wildman–Crippen MR) is 193 cm³/mol. The summed E-state index contributed by atoms with van der Waals surface area (Å²) < 4.78 is 35.3. The maximum atomic E-state index is 15.5. The molecule has 0 saturated carbocycles. The van der Waals surface area contributed by atoms with Gasteiger partial charge in [-0.1, -0.05) is 79.1 Å². The molecule has 0 nitrogen and oxygen atoms in total. The molecule has 0 saturated heterocycles. The third-order valence-electron chi connectivity index (χ3n) is 8.44. The van der Waals surface area contributed by atoms with E-state index in [0.29, 0.717) is 11.8 Å². The van der Waals surface area contributed by atoms with Crippen LogP contribution in [0, 0.1) is 23.5 Å². The number of halogens is 4. The van der Waals surface area contributed by atoms with Crippen molar-refractivity contribution in [3.8, 4) is 20.9 Å². The average molecular weight is 773 g/mol. The maximum Gasteiger partial charge on any atom is 0.137 e. The molecule has 0 aliphatic heterocycles. The van der Waals surface area contributed by atoms with E-state index >= 15 is 8.78 Å². The van der Waals surface area contributed by atoms with E-state index < -0.39 is 0 Å². The molecule has 0 aliphatic carbocycles. The molecular formula is C34H38Br2F2S4. The van der Waals surface area contributed by atoms with Crippen molar-refractivity contribution in [2.75, 3.05) is 0 Å². The highest BCUT2D eigenvalue weighted by Gasteiger charge is 2.25. The second-order valence-corrected chi connectivity index (χ2v) is 18.5. The van der Waals surface area contributed by atoms with Gasteiger partial charge in [0.25, 0.3) is 0 Å². The third kappa shape index (κ3) is 6.94. The Hall–Kier alpha value is -0.640. The summed E-state index contributed by atoms with van der Waals surface area (Å²) in [5.41, 5.74) is 2.20. The number of thiophene rings is 4. The quantitative estimate of drug-likeness (QED) is 0.105. The van der Waals surface area contributed by atoms with Gasteiger partial charge in [-0.15, -0.1) is 45.3 Å². The molecule has 0 bridgehead atoms. The highest BCUT2D eigenvalue weighted by molar-refractivity contribution is 9.11. The van der Waals surface area contributed by atoms with Crippen LogP contribution in [-0.2, 0) is 12.8 Å². The van der Waals surface area contributed by atoms with Gasteiger partial charge in [-0.3, -0.25) is 0 Å². The van der Waals surface area contributed by atoms with Crippen LogP contribution in [-0.4, -0.2) is 0 Å². The number of rotatable bonds is 14. The molecule has 8 heteroatoms. The Morgan fingerprint density at radius 3 is 1.38 bits per heavy atom. The summed E-state index contributed by atoms with van der Waals surface area (Å²) in [6.07, 6.45) is 10.8. The summed E-state index contributed by atoms with van der Waals surface area (Å²) in [5.74, 6) is 0.853. The van der Waals surface area contributed by atoms with Gasteiger partial charge in [-0.2, -0.15) is 0 Å². The lowest BCUT2D eigenvalue weighted by molar-refractivity contribution is 0.444. The van der Waals surface area contributed by atoms with Crippen molar-refractivity contribution in [3.05, 3.63) is 53.2 Å². The molecule has 0 amide bonds. The van der Waals surface area contributed by atoms with Crippen LogP contribution in [0.1, 0.15) is 88.8 Å². The zero-order chi connectivity index (χ0) is 30.0. The highest BCUT2D eigenvalue weighted by atomic mass is 79.9. The van der Waals surface area contributed by atoms with E-state index in [2.05, 4.69) is 71.7 Å². The first-order valence-electron chi connectivity index (χ1n) is 15.2. The fourth-order valence-corrected chi connectivity index (χ4v) is 11.9. The molecule has 0 N–H and O–H groups in total. The van der Waals surface area contributed by atoms with Crippen LogP contribution in [0.3, 0.4) is 0 Å². The van der Waals surface area contributed by atoms with Gasteiger partial charge < -0.3 is 0 Å². The number of unbranched alkanes of at least 4 members (excludes halogenated alkanes) is 2. The second kappa shape index (κ2) is 14.6. The molecule has 4 heterocycles. The molecule has 2 atom stereocenters. The lowest BCUT2D eigenvalue weighted by Gasteiger charge is -2.13. The Kier molecular flexibility index (Phi) is 11.4. The van der Waals surface area contributed by atoms with Crippen LogP contribution in [0.15, 0.2) is 31.8 Å². The Labute approximate surface area is 281 Å². The van der Waals surface area contributed by atoms with Crippen molar-refractivity contribution in [1.29, 1.82) is 0 Å². The van der Waals surface area contributed by atoms with Gasteiger partial charge in [-0.25, -0.2) is 8.78 Å². The van der Waals surface area contributed by atoms with Crippen molar-refractivity contribution < 1.29 is 8.78 Å². The van der Waals surface area contributed by atoms with E-state index in [1.54, 1.807) is 57.5 Å². The monoisotopic (exact) mass is 770 g/mol. The summed E-state index contributed by atoms with van der Waals surface area (Å²) >= 11 is 14.1. The lowest BCUT2D eigenvalue weighted by atomic mass is 9.95. The van der Waals surface area contributed by atoms with Crippen molar-refractivity contribution in [2.24, 2.45) is 11.8 Å². The van der Waals surface area contributed by atoms with Crippen LogP contribution in [0.4, 0.5) is 8.78 Å². The minimum atomic E-state index is -0.0845. The highest BCUT2D eigenvalue weighted by Crippen LogP contribution is 2.53. The van der Waals surface area contributed by atoms with Crippen LogP contribution < -0.4 is 0 Å². The minimum Gasteiger partial charge on any atom is -0.206 e. The van der Waals surface area contributed by atoms with Crippen molar-refractivity contribution in [3.63, 3.8) is 0 Å². The molecule has 0 aliphatic rings. The standard InChI is InChI=1S/C34H38Br2F2S4/c1-5-9-11-19(7-3)13-25-23(37)17-27(39-25)31-21-15-29(35)42-34(21)32(22-16-30(36)41-33(22)31)28-18-24(38)26(40-28)14-20(8-4)12-10-6-2/h15-20H,5-14H2,1-4H3. The number of hydrogen-bond donors (Lipinski definition) is 0. The zero-order valence-corrected chi connectivity index (χ0v) is 31.1. The molecule has 0 fully saturated rings. The topological polar surface area (TPSA) is 0 Å². The SMILES string of the molecule is CCCCC(CC)Cc1sc(-c2c3cc(Br)sc3c(-c3cc(F)c(CC(CC)CCCC)s3)c3cc(Br)sc23)cc1F. The zero-order valence-electron chi connectivity index (χ0n) is 24.7. The summed E-state index contributed by atoms with van der Waals surface area (Å²) in [4.78, 5) is 3.69. The number of hydrogen-bond acceptors (Lipinski definition) is 4. The van der Waals surface area contributed by atoms with E-state index in [1.165, 1.54) is 25.7 Å². The molecule has 42 heavy (non-hydrogen) atoms. The second-order valence-electron chi connectivity index (χ2n) is 11.3. The van der Waals surface area contributed by atoms with Crippen LogP contribution >= 0.6 is 77.2 Å². The largest absolute Gasteiger partial charge is 0.206 e. The van der Waals surface area contributed by atoms with Crippen molar-refractivity contribution >= 4 is 97.4 Å². The Bertz CT molecular complexity index is 1480. The smallest absolute Gasteiger partial charge is 0.137 e. The molecule has 2 unspecified atom stereocenters. The van der Waals surface area contributed by atoms with Gasteiger partial charge in [0.05, 0.1) is 7.57 Å². The Balaban J connectivity index is 1.62. The van der Waals surface area contributed by atoms with Gasteiger partial charge >= 0.3 is 0 Å². The molecular weight excluding hydrogens is 734 g/mol. The lowest BCUT2D eigenvalue weighted by Crippen LogP contribution is -2.03. The summed E-state index contributed by atoms with van der Waals surface area (Å²) in [6, 6.07) is 7.84. The molecule has 4 aromatic heterocycles. The van der Waals surface area contributed by atoms with Crippen LogP contribution in [0.5, 0.6) is 0 Å². The molecule has 5 rings (SSSR count). The first-order chi connectivity index (χ1) is 20.3. The first-order valence-corrected chi connectivity index (χ1v) is 20.0. The van der Waals surface area contributed by atoms with Crippen molar-refractivity contribution in [2.45, 2.75) is 91.9 Å². The Morgan fingerprint density at radius 2 is 1.02 bits per heavy atom.